The Morgan fingerprint density at radius 1 is 1.19 bits per heavy atom. The maximum Gasteiger partial charge on any atom is 0.129 e. The van der Waals surface area contributed by atoms with Gasteiger partial charge in [0, 0.05) is 29.1 Å². The van der Waals surface area contributed by atoms with Crippen LogP contribution in [0.4, 0.5) is 8.78 Å². The molecule has 2 aromatic rings. The highest BCUT2D eigenvalue weighted by molar-refractivity contribution is 6.32. The normalized spacial score (nSPS) is 14.0. The van der Waals surface area contributed by atoms with Crippen molar-refractivity contribution in [1.29, 1.82) is 0 Å². The molecule has 5 heteroatoms. The first-order chi connectivity index (χ1) is 9.95. The molecule has 2 unspecified atom stereocenters. The quantitative estimate of drug-likeness (QED) is 0.904. The smallest absolute Gasteiger partial charge is 0.129 e. The number of hydrogen-bond acceptors (Lipinski definition) is 2. The van der Waals surface area contributed by atoms with E-state index in [4.69, 9.17) is 17.3 Å². The summed E-state index contributed by atoms with van der Waals surface area (Å²) in [5.74, 6) is -2.10. The van der Waals surface area contributed by atoms with Crippen molar-refractivity contribution in [2.75, 3.05) is 6.54 Å². The molecule has 0 amide bonds. The monoisotopic (exact) mass is 311 g/mol. The van der Waals surface area contributed by atoms with Crippen LogP contribution in [0.15, 0.2) is 36.4 Å². The average Bonchev–Trinajstić information content (AvgIpc) is 2.44. The molecule has 0 bridgehead atoms. The molecule has 0 aliphatic heterocycles. The van der Waals surface area contributed by atoms with Gasteiger partial charge in [0.15, 0.2) is 0 Å². The van der Waals surface area contributed by atoms with E-state index in [-0.39, 0.29) is 12.1 Å². The first-order valence-electron chi connectivity index (χ1n) is 6.53. The molecule has 0 aliphatic carbocycles. The largest absolute Gasteiger partial charge is 0.388 e. The van der Waals surface area contributed by atoms with Crippen LogP contribution in [0, 0.1) is 18.6 Å². The zero-order valence-corrected chi connectivity index (χ0v) is 12.2. The summed E-state index contributed by atoms with van der Waals surface area (Å²) in [4.78, 5) is 0. The van der Waals surface area contributed by atoms with Crippen molar-refractivity contribution in [1.82, 2.24) is 0 Å². The van der Waals surface area contributed by atoms with Crippen molar-refractivity contribution in [2.45, 2.75) is 18.9 Å². The van der Waals surface area contributed by atoms with E-state index in [1.165, 1.54) is 6.07 Å². The summed E-state index contributed by atoms with van der Waals surface area (Å²) in [7, 11) is 0. The Labute approximate surface area is 127 Å². The van der Waals surface area contributed by atoms with E-state index < -0.39 is 23.7 Å². The third-order valence-electron chi connectivity index (χ3n) is 3.54. The minimum Gasteiger partial charge on any atom is -0.388 e. The summed E-state index contributed by atoms with van der Waals surface area (Å²) in [6.45, 7) is 1.82. The van der Waals surface area contributed by atoms with Crippen LogP contribution in [0.2, 0.25) is 5.02 Å². The highest BCUT2D eigenvalue weighted by Gasteiger charge is 2.26. The molecule has 2 atom stereocenters. The highest BCUT2D eigenvalue weighted by Crippen LogP contribution is 2.36. The predicted molar refractivity (Wildman–Crippen MR) is 79.3 cm³/mol. The van der Waals surface area contributed by atoms with Crippen molar-refractivity contribution in [3.05, 3.63) is 69.7 Å². The zero-order valence-electron chi connectivity index (χ0n) is 11.5. The first-order valence-corrected chi connectivity index (χ1v) is 6.91. The van der Waals surface area contributed by atoms with E-state index in [1.54, 1.807) is 12.1 Å². The molecule has 0 heterocycles. The fraction of sp³-hybridized carbons (Fsp3) is 0.250. The van der Waals surface area contributed by atoms with Crippen LogP contribution in [0.1, 0.15) is 28.7 Å². The number of aliphatic hydroxyl groups is 1. The van der Waals surface area contributed by atoms with Crippen LogP contribution in [-0.2, 0) is 0 Å². The number of aryl methyl sites for hydroxylation is 1. The van der Waals surface area contributed by atoms with E-state index >= 15 is 0 Å². The van der Waals surface area contributed by atoms with Crippen molar-refractivity contribution < 1.29 is 13.9 Å². The molecule has 2 aromatic carbocycles. The fourth-order valence-corrected chi connectivity index (χ4v) is 2.58. The fourth-order valence-electron chi connectivity index (χ4n) is 2.34. The first kappa shape index (κ1) is 15.9. The lowest BCUT2D eigenvalue weighted by molar-refractivity contribution is 0.145. The molecule has 0 radical (unpaired) electrons. The summed E-state index contributed by atoms with van der Waals surface area (Å²) >= 11 is 6.19. The van der Waals surface area contributed by atoms with Gasteiger partial charge in [-0.25, -0.2) is 8.78 Å². The second-order valence-electron chi connectivity index (χ2n) is 4.93. The minimum atomic E-state index is -1.07. The second kappa shape index (κ2) is 6.52. The van der Waals surface area contributed by atoms with E-state index in [9.17, 15) is 13.9 Å². The molecule has 0 aromatic heterocycles. The van der Waals surface area contributed by atoms with E-state index in [0.717, 1.165) is 17.7 Å². The Bertz CT molecular complexity index is 648. The summed E-state index contributed by atoms with van der Waals surface area (Å²) in [5, 5.41) is 10.9. The number of halogens is 3. The van der Waals surface area contributed by atoms with Crippen LogP contribution >= 0.6 is 11.6 Å². The van der Waals surface area contributed by atoms with Crippen LogP contribution in [0.25, 0.3) is 0 Å². The number of rotatable bonds is 4. The van der Waals surface area contributed by atoms with Crippen molar-refractivity contribution in [3.63, 3.8) is 0 Å². The number of benzene rings is 2. The molecular formula is C16H16ClF2NO. The highest BCUT2D eigenvalue weighted by atomic mass is 35.5. The molecule has 3 N–H and O–H groups in total. The lowest BCUT2D eigenvalue weighted by Gasteiger charge is -2.24. The van der Waals surface area contributed by atoms with E-state index in [0.29, 0.717) is 10.6 Å². The summed E-state index contributed by atoms with van der Waals surface area (Å²) in [5.41, 5.74) is 7.14. The summed E-state index contributed by atoms with van der Waals surface area (Å²) < 4.78 is 26.9. The Morgan fingerprint density at radius 2 is 1.90 bits per heavy atom. The Morgan fingerprint density at radius 3 is 2.52 bits per heavy atom. The third-order valence-corrected chi connectivity index (χ3v) is 4.05. The summed E-state index contributed by atoms with van der Waals surface area (Å²) in [6.07, 6.45) is -1.07. The summed E-state index contributed by atoms with van der Waals surface area (Å²) in [6, 6.07) is 8.47. The van der Waals surface area contributed by atoms with Gasteiger partial charge in [0.2, 0.25) is 0 Å². The molecule has 0 aliphatic rings. The second-order valence-corrected chi connectivity index (χ2v) is 5.31. The maximum atomic E-state index is 13.9. The van der Waals surface area contributed by atoms with Gasteiger partial charge in [-0.15, -0.1) is 0 Å². The van der Waals surface area contributed by atoms with Gasteiger partial charge in [0.05, 0.1) is 6.10 Å². The van der Waals surface area contributed by atoms with Crippen LogP contribution in [0.3, 0.4) is 0 Å². The van der Waals surface area contributed by atoms with Gasteiger partial charge in [-0.2, -0.15) is 0 Å². The standard InChI is InChI=1S/C16H16ClF2NO/c1-9-3-2-4-12(15(9)17)16(21)13(8-20)11-6-5-10(18)7-14(11)19/h2-7,13,16,21H,8,20H2,1H3. The van der Waals surface area contributed by atoms with E-state index in [1.807, 2.05) is 13.0 Å². The van der Waals surface area contributed by atoms with E-state index in [2.05, 4.69) is 0 Å². The zero-order chi connectivity index (χ0) is 15.6. The molecular weight excluding hydrogens is 296 g/mol. The Balaban J connectivity index is 2.43. The lowest BCUT2D eigenvalue weighted by atomic mass is 9.88. The molecule has 2 nitrogen and oxygen atoms in total. The number of hydrogen-bond donors (Lipinski definition) is 2. The maximum absolute atomic E-state index is 13.9. The minimum absolute atomic E-state index is 0.00793. The van der Waals surface area contributed by atoms with Gasteiger partial charge in [-0.1, -0.05) is 35.9 Å². The van der Waals surface area contributed by atoms with Crippen LogP contribution in [-0.4, -0.2) is 11.7 Å². The SMILES string of the molecule is Cc1cccc(C(O)C(CN)c2ccc(F)cc2F)c1Cl. The van der Waals surface area contributed by atoms with Crippen molar-refractivity contribution >= 4 is 11.6 Å². The van der Waals surface area contributed by atoms with Gasteiger partial charge in [-0.3, -0.25) is 0 Å². The van der Waals surface area contributed by atoms with Gasteiger partial charge in [0.1, 0.15) is 11.6 Å². The van der Waals surface area contributed by atoms with Gasteiger partial charge in [0.25, 0.3) is 0 Å². The third kappa shape index (κ3) is 3.23. The van der Waals surface area contributed by atoms with Crippen molar-refractivity contribution in [3.8, 4) is 0 Å². The van der Waals surface area contributed by atoms with Crippen LogP contribution in [0.5, 0.6) is 0 Å². The lowest BCUT2D eigenvalue weighted by Crippen LogP contribution is -2.21. The van der Waals surface area contributed by atoms with Gasteiger partial charge < -0.3 is 10.8 Å². The Hall–Kier alpha value is -1.49. The molecule has 0 fully saturated rings. The van der Waals surface area contributed by atoms with Gasteiger partial charge >= 0.3 is 0 Å². The molecule has 0 spiro atoms. The topological polar surface area (TPSA) is 46.2 Å². The van der Waals surface area contributed by atoms with Crippen LogP contribution < -0.4 is 5.73 Å². The molecule has 0 saturated carbocycles. The molecule has 2 rings (SSSR count). The Kier molecular flexibility index (Phi) is 4.93. The average molecular weight is 312 g/mol. The van der Waals surface area contributed by atoms with Gasteiger partial charge in [-0.05, 0) is 24.1 Å². The predicted octanol–water partition coefficient (Wildman–Crippen LogP) is 3.70. The molecule has 112 valence electrons. The molecule has 0 saturated heterocycles. The number of nitrogens with two attached hydrogens (primary N) is 1. The van der Waals surface area contributed by atoms with Crippen molar-refractivity contribution in [2.24, 2.45) is 5.73 Å². The molecule has 21 heavy (non-hydrogen) atoms. The number of aliphatic hydroxyl groups excluding tert-OH is 1.